The summed E-state index contributed by atoms with van der Waals surface area (Å²) in [4.78, 5) is 34.7. The summed E-state index contributed by atoms with van der Waals surface area (Å²) >= 11 is 0. The number of rotatable bonds is 4. The van der Waals surface area contributed by atoms with Crippen LogP contribution in [0.3, 0.4) is 0 Å². The third kappa shape index (κ3) is 2.49. The highest BCUT2D eigenvalue weighted by molar-refractivity contribution is 5.83. The molecule has 3 unspecified atom stereocenters. The maximum atomic E-state index is 13.2. The molecule has 4 fully saturated rings. The molecule has 6 heteroatoms. The van der Waals surface area contributed by atoms with Crippen molar-refractivity contribution in [3.63, 3.8) is 0 Å². The van der Waals surface area contributed by atoms with Crippen LogP contribution in [0.1, 0.15) is 56.9 Å². The van der Waals surface area contributed by atoms with Gasteiger partial charge in [0.05, 0.1) is 5.41 Å². The van der Waals surface area contributed by atoms with Gasteiger partial charge in [-0.05, 0) is 61.6 Å². The Kier molecular flexibility index (Phi) is 3.61. The number of pyridine rings is 1. The van der Waals surface area contributed by atoms with Gasteiger partial charge in [0.25, 0.3) is 0 Å². The zero-order chi connectivity index (χ0) is 18.8. The summed E-state index contributed by atoms with van der Waals surface area (Å²) in [6.07, 6.45) is 8.19. The standard InChI is InChI=1S/C21H25N3O3/c1-12(17-11-23-19-16(17)3-2-4-22-19)5-18(25)24-14-6-13-7-15(24)10-21(8-13,9-14)20(26)27/h2-4,11-15H,5-10H2,1H3,(H,22,23)(H,26,27). The minimum absolute atomic E-state index is 0.0982. The first kappa shape index (κ1) is 16.8. The van der Waals surface area contributed by atoms with Crippen molar-refractivity contribution < 1.29 is 14.7 Å². The van der Waals surface area contributed by atoms with E-state index >= 15 is 0 Å². The van der Waals surface area contributed by atoms with Crippen LogP contribution in [0, 0.1) is 11.3 Å². The monoisotopic (exact) mass is 367 g/mol. The molecular formula is C21H25N3O3. The highest BCUT2D eigenvalue weighted by atomic mass is 16.4. The number of aromatic nitrogens is 2. The molecule has 2 aliphatic carbocycles. The number of carboxylic acids is 1. The first-order chi connectivity index (χ1) is 13.0. The molecule has 2 aliphatic heterocycles. The summed E-state index contributed by atoms with van der Waals surface area (Å²) in [6, 6.07) is 4.17. The Hall–Kier alpha value is -2.37. The normalized spacial score (nSPS) is 32.8. The number of H-pyrrole nitrogens is 1. The number of fused-ring (bicyclic) bond motifs is 1. The number of aromatic amines is 1. The average Bonchev–Trinajstić information content (AvgIpc) is 3.05. The molecule has 2 saturated heterocycles. The van der Waals surface area contributed by atoms with E-state index < -0.39 is 11.4 Å². The molecule has 142 valence electrons. The maximum absolute atomic E-state index is 13.2. The van der Waals surface area contributed by atoms with Gasteiger partial charge in [0.1, 0.15) is 5.65 Å². The number of hydrogen-bond donors (Lipinski definition) is 2. The minimum atomic E-state index is -0.659. The number of carbonyl (C=O) groups excluding carboxylic acids is 1. The average molecular weight is 367 g/mol. The molecular weight excluding hydrogens is 342 g/mol. The van der Waals surface area contributed by atoms with Crippen LogP contribution < -0.4 is 0 Å². The topological polar surface area (TPSA) is 86.3 Å². The van der Waals surface area contributed by atoms with E-state index in [0.29, 0.717) is 25.2 Å². The zero-order valence-corrected chi connectivity index (χ0v) is 15.5. The Labute approximate surface area is 158 Å². The molecule has 6 rings (SSSR count). The number of hydrogen-bond acceptors (Lipinski definition) is 3. The largest absolute Gasteiger partial charge is 0.481 e. The number of nitrogens with one attached hydrogen (secondary N) is 1. The highest BCUT2D eigenvalue weighted by Crippen LogP contribution is 2.56. The Balaban J connectivity index is 1.35. The van der Waals surface area contributed by atoms with Gasteiger partial charge in [-0.2, -0.15) is 0 Å². The van der Waals surface area contributed by atoms with Gasteiger partial charge in [0.2, 0.25) is 5.91 Å². The van der Waals surface area contributed by atoms with E-state index in [9.17, 15) is 14.7 Å². The SMILES string of the molecule is CC(CC(=O)N1C2CC3CC1CC(C(=O)O)(C3)C2)c1c[nH]c2ncccc12. The van der Waals surface area contributed by atoms with Gasteiger partial charge in [-0.25, -0.2) is 4.98 Å². The summed E-state index contributed by atoms with van der Waals surface area (Å²) in [5.74, 6) is 0.0876. The summed E-state index contributed by atoms with van der Waals surface area (Å²) < 4.78 is 0. The number of carboxylic acid groups (broad SMARTS) is 1. The Morgan fingerprint density at radius 3 is 2.78 bits per heavy atom. The van der Waals surface area contributed by atoms with E-state index in [2.05, 4.69) is 21.8 Å². The van der Waals surface area contributed by atoms with Crippen LogP contribution in [0.15, 0.2) is 24.5 Å². The number of nitrogens with zero attached hydrogens (tertiary/aromatic N) is 2. The lowest BCUT2D eigenvalue weighted by atomic mass is 9.55. The lowest BCUT2D eigenvalue weighted by molar-refractivity contribution is -0.178. The van der Waals surface area contributed by atoms with Crippen LogP contribution in [0.25, 0.3) is 11.0 Å². The van der Waals surface area contributed by atoms with Gasteiger partial charge in [-0.1, -0.05) is 6.92 Å². The van der Waals surface area contributed by atoms with Crippen molar-refractivity contribution in [1.82, 2.24) is 14.9 Å². The smallest absolute Gasteiger partial charge is 0.309 e. The molecule has 0 aromatic carbocycles. The van der Waals surface area contributed by atoms with E-state index in [4.69, 9.17) is 0 Å². The Morgan fingerprint density at radius 2 is 2.07 bits per heavy atom. The molecule has 4 bridgehead atoms. The molecule has 2 aromatic rings. The Morgan fingerprint density at radius 1 is 1.33 bits per heavy atom. The Bertz CT molecular complexity index is 904. The zero-order valence-electron chi connectivity index (χ0n) is 15.5. The van der Waals surface area contributed by atoms with Crippen LogP contribution >= 0.6 is 0 Å². The summed E-state index contributed by atoms with van der Waals surface area (Å²) in [6.45, 7) is 2.09. The van der Waals surface area contributed by atoms with Crippen molar-refractivity contribution in [2.45, 2.75) is 63.5 Å². The predicted molar refractivity (Wildman–Crippen MR) is 100 cm³/mol. The number of aliphatic carboxylic acids is 1. The van der Waals surface area contributed by atoms with Crippen molar-refractivity contribution in [1.29, 1.82) is 0 Å². The first-order valence-corrected chi connectivity index (χ1v) is 9.93. The quantitative estimate of drug-likeness (QED) is 0.868. The summed E-state index contributed by atoms with van der Waals surface area (Å²) in [5, 5.41) is 10.8. The number of carbonyl (C=O) groups is 2. The predicted octanol–water partition coefficient (Wildman–Crippen LogP) is 3.30. The molecule has 4 heterocycles. The number of amides is 1. The fourth-order valence-corrected chi connectivity index (χ4v) is 6.16. The second kappa shape index (κ2) is 5.81. The number of piperidine rings is 2. The molecule has 1 amide bonds. The van der Waals surface area contributed by atoms with Gasteiger partial charge in [-0.15, -0.1) is 0 Å². The highest BCUT2D eigenvalue weighted by Gasteiger charge is 2.58. The molecule has 6 nitrogen and oxygen atoms in total. The third-order valence-electron chi connectivity index (χ3n) is 7.17. The lowest BCUT2D eigenvalue weighted by Gasteiger charge is -2.60. The van der Waals surface area contributed by atoms with Gasteiger partial charge in [0.15, 0.2) is 0 Å². The molecule has 2 N–H and O–H groups in total. The minimum Gasteiger partial charge on any atom is -0.481 e. The van der Waals surface area contributed by atoms with E-state index in [1.807, 2.05) is 18.3 Å². The summed E-state index contributed by atoms with van der Waals surface area (Å²) in [5.41, 5.74) is 1.39. The van der Waals surface area contributed by atoms with E-state index in [1.54, 1.807) is 6.20 Å². The second-order valence-electron chi connectivity index (χ2n) is 8.89. The third-order valence-corrected chi connectivity index (χ3v) is 7.17. The molecule has 3 atom stereocenters. The van der Waals surface area contributed by atoms with Gasteiger partial charge in [0, 0.05) is 36.3 Å². The fraction of sp³-hybridized carbons (Fsp3) is 0.571. The van der Waals surface area contributed by atoms with E-state index in [1.165, 1.54) is 0 Å². The second-order valence-corrected chi connectivity index (χ2v) is 8.89. The van der Waals surface area contributed by atoms with Crippen LogP contribution in [-0.2, 0) is 9.59 Å². The maximum Gasteiger partial charge on any atom is 0.309 e. The van der Waals surface area contributed by atoms with E-state index in [0.717, 1.165) is 35.9 Å². The first-order valence-electron chi connectivity index (χ1n) is 9.93. The van der Waals surface area contributed by atoms with E-state index in [-0.39, 0.29) is 23.9 Å². The van der Waals surface area contributed by atoms with Crippen LogP contribution in [0.2, 0.25) is 0 Å². The van der Waals surface area contributed by atoms with Crippen molar-refractivity contribution in [3.05, 3.63) is 30.1 Å². The lowest BCUT2D eigenvalue weighted by Crippen LogP contribution is -2.65. The van der Waals surface area contributed by atoms with Crippen molar-refractivity contribution in [2.75, 3.05) is 0 Å². The van der Waals surface area contributed by atoms with Crippen molar-refractivity contribution >= 4 is 22.9 Å². The molecule has 0 spiro atoms. The van der Waals surface area contributed by atoms with Crippen molar-refractivity contribution in [2.24, 2.45) is 11.3 Å². The van der Waals surface area contributed by atoms with Crippen LogP contribution in [0.4, 0.5) is 0 Å². The van der Waals surface area contributed by atoms with Gasteiger partial charge >= 0.3 is 5.97 Å². The van der Waals surface area contributed by atoms with Crippen molar-refractivity contribution in [3.8, 4) is 0 Å². The van der Waals surface area contributed by atoms with Crippen LogP contribution in [-0.4, -0.2) is 43.9 Å². The van der Waals surface area contributed by atoms with Crippen LogP contribution in [0.5, 0.6) is 0 Å². The molecule has 27 heavy (non-hydrogen) atoms. The molecule has 2 saturated carbocycles. The molecule has 4 aliphatic rings. The van der Waals surface area contributed by atoms with Gasteiger partial charge in [-0.3, -0.25) is 9.59 Å². The molecule has 0 radical (unpaired) electrons. The molecule has 2 aromatic heterocycles. The summed E-state index contributed by atoms with van der Waals surface area (Å²) in [7, 11) is 0. The van der Waals surface area contributed by atoms with Gasteiger partial charge < -0.3 is 15.0 Å². The fourth-order valence-electron chi connectivity index (χ4n) is 6.16.